The number of halogens is 1. The number of fused-ring (bicyclic) bond motifs is 2. The molecule has 0 radical (unpaired) electrons. The lowest BCUT2D eigenvalue weighted by Gasteiger charge is -2.17. The van der Waals surface area contributed by atoms with Gasteiger partial charge in [-0.05, 0) is 31.2 Å². The Kier molecular flexibility index (Phi) is 2.45. The molecule has 0 bridgehead atoms. The Morgan fingerprint density at radius 3 is 2.00 bits per heavy atom. The van der Waals surface area contributed by atoms with Gasteiger partial charge in [0.15, 0.2) is 11.6 Å². The monoisotopic (exact) mass is 300 g/mol. The molecule has 0 heterocycles. The third kappa shape index (κ3) is 1.55. The lowest BCUT2D eigenvalue weighted by atomic mass is 9.83. The van der Waals surface area contributed by atoms with Gasteiger partial charge in [0.25, 0.3) is 0 Å². The lowest BCUT2D eigenvalue weighted by molar-refractivity contribution is 0.0979. The average molecular weight is 301 g/mol. The summed E-state index contributed by atoms with van der Waals surface area (Å²) in [6.45, 7) is 1.91. The molecule has 0 fully saturated rings. The second-order valence-corrected chi connectivity index (χ2v) is 5.31. The van der Waals surface area contributed by atoms with Crippen LogP contribution >= 0.6 is 15.9 Å². The molecule has 0 amide bonds. The van der Waals surface area contributed by atoms with E-state index in [2.05, 4.69) is 15.9 Å². The molecule has 0 atom stereocenters. The van der Waals surface area contributed by atoms with Gasteiger partial charge in [-0.15, -0.1) is 0 Å². The van der Waals surface area contributed by atoms with Gasteiger partial charge >= 0.3 is 0 Å². The fourth-order valence-corrected chi connectivity index (χ4v) is 2.60. The highest BCUT2D eigenvalue weighted by molar-refractivity contribution is 9.10. The van der Waals surface area contributed by atoms with E-state index in [-0.39, 0.29) is 11.6 Å². The number of aryl methyl sites for hydroxylation is 1. The molecule has 0 saturated heterocycles. The number of hydrogen-bond donors (Lipinski definition) is 0. The van der Waals surface area contributed by atoms with Gasteiger partial charge in [0.1, 0.15) is 0 Å². The summed E-state index contributed by atoms with van der Waals surface area (Å²) in [7, 11) is 0. The van der Waals surface area contributed by atoms with Gasteiger partial charge in [-0.25, -0.2) is 0 Å². The van der Waals surface area contributed by atoms with Crippen LogP contribution in [0, 0.1) is 6.92 Å². The van der Waals surface area contributed by atoms with E-state index in [1.165, 1.54) is 0 Å². The summed E-state index contributed by atoms with van der Waals surface area (Å²) in [5.74, 6) is -0.156. The zero-order chi connectivity index (χ0) is 12.9. The van der Waals surface area contributed by atoms with E-state index in [4.69, 9.17) is 0 Å². The number of benzene rings is 2. The summed E-state index contributed by atoms with van der Waals surface area (Å²) in [6.07, 6.45) is 0. The number of hydrogen-bond acceptors (Lipinski definition) is 2. The topological polar surface area (TPSA) is 34.1 Å². The fraction of sp³-hybridized carbons (Fsp3) is 0.0667. The average Bonchev–Trinajstić information content (AvgIpc) is 2.36. The molecule has 1 aliphatic rings. The molecule has 2 nitrogen and oxygen atoms in total. The first-order valence-corrected chi connectivity index (χ1v) is 6.37. The third-order valence-corrected chi connectivity index (χ3v) is 3.63. The molecule has 0 unspecified atom stereocenters. The van der Waals surface area contributed by atoms with Crippen LogP contribution < -0.4 is 0 Å². The Morgan fingerprint density at radius 1 is 0.778 bits per heavy atom. The molecule has 2 aromatic carbocycles. The SMILES string of the molecule is Cc1ccc2c(c1)C(=O)c1ccc(Br)cc1C2=O. The minimum absolute atomic E-state index is 0.0733. The molecule has 2 aromatic rings. The van der Waals surface area contributed by atoms with Crippen molar-refractivity contribution in [2.45, 2.75) is 6.92 Å². The fourth-order valence-electron chi connectivity index (χ4n) is 2.24. The molecule has 0 aromatic heterocycles. The van der Waals surface area contributed by atoms with Crippen LogP contribution in [-0.4, -0.2) is 11.6 Å². The van der Waals surface area contributed by atoms with Crippen molar-refractivity contribution in [1.29, 1.82) is 0 Å². The zero-order valence-corrected chi connectivity index (χ0v) is 11.2. The minimum Gasteiger partial charge on any atom is -0.289 e. The maximum atomic E-state index is 12.3. The highest BCUT2D eigenvalue weighted by atomic mass is 79.9. The quantitative estimate of drug-likeness (QED) is 0.636. The van der Waals surface area contributed by atoms with Gasteiger partial charge < -0.3 is 0 Å². The van der Waals surface area contributed by atoms with Crippen LogP contribution in [0.2, 0.25) is 0 Å². The Hall–Kier alpha value is -1.74. The van der Waals surface area contributed by atoms with Crippen molar-refractivity contribution < 1.29 is 9.59 Å². The van der Waals surface area contributed by atoms with Gasteiger partial charge in [-0.3, -0.25) is 9.59 Å². The predicted molar refractivity (Wildman–Crippen MR) is 72.2 cm³/mol. The molecular weight excluding hydrogens is 292 g/mol. The van der Waals surface area contributed by atoms with Crippen LogP contribution in [-0.2, 0) is 0 Å². The molecule has 0 aliphatic heterocycles. The molecule has 18 heavy (non-hydrogen) atoms. The van der Waals surface area contributed by atoms with Gasteiger partial charge in [-0.1, -0.05) is 33.6 Å². The van der Waals surface area contributed by atoms with Gasteiger partial charge in [-0.2, -0.15) is 0 Å². The maximum absolute atomic E-state index is 12.3. The van der Waals surface area contributed by atoms with Crippen LogP contribution in [0.3, 0.4) is 0 Å². The van der Waals surface area contributed by atoms with E-state index in [0.29, 0.717) is 22.3 Å². The number of ketones is 2. The van der Waals surface area contributed by atoms with E-state index in [0.717, 1.165) is 10.0 Å². The minimum atomic E-state index is -0.0825. The van der Waals surface area contributed by atoms with Crippen molar-refractivity contribution >= 4 is 27.5 Å². The van der Waals surface area contributed by atoms with E-state index >= 15 is 0 Å². The van der Waals surface area contributed by atoms with Crippen molar-refractivity contribution in [3.05, 3.63) is 68.7 Å². The molecule has 0 N–H and O–H groups in total. The molecular formula is C15H9BrO2. The third-order valence-electron chi connectivity index (χ3n) is 3.14. The number of rotatable bonds is 0. The van der Waals surface area contributed by atoms with Crippen LogP contribution in [0.15, 0.2) is 40.9 Å². The van der Waals surface area contributed by atoms with Gasteiger partial charge in [0.05, 0.1) is 0 Å². The summed E-state index contributed by atoms with van der Waals surface area (Å²) in [5.41, 5.74) is 2.95. The summed E-state index contributed by atoms with van der Waals surface area (Å²) < 4.78 is 0.804. The first-order valence-electron chi connectivity index (χ1n) is 5.57. The van der Waals surface area contributed by atoms with Crippen molar-refractivity contribution in [3.8, 4) is 0 Å². The van der Waals surface area contributed by atoms with E-state index in [1.807, 2.05) is 13.0 Å². The maximum Gasteiger partial charge on any atom is 0.194 e. The van der Waals surface area contributed by atoms with E-state index < -0.39 is 0 Å². The Morgan fingerprint density at radius 2 is 1.33 bits per heavy atom. The van der Waals surface area contributed by atoms with E-state index in [9.17, 15) is 9.59 Å². The second kappa shape index (κ2) is 3.89. The number of carbonyl (C=O) groups excluding carboxylic acids is 2. The molecule has 3 rings (SSSR count). The van der Waals surface area contributed by atoms with Crippen LogP contribution in [0.1, 0.15) is 37.4 Å². The Labute approximate surface area is 113 Å². The normalized spacial score (nSPS) is 13.2. The van der Waals surface area contributed by atoms with Crippen LogP contribution in [0.4, 0.5) is 0 Å². The van der Waals surface area contributed by atoms with Gasteiger partial charge in [0.2, 0.25) is 0 Å². The number of carbonyl (C=O) groups is 2. The molecule has 3 heteroatoms. The van der Waals surface area contributed by atoms with Crippen LogP contribution in [0.25, 0.3) is 0 Å². The van der Waals surface area contributed by atoms with Crippen molar-refractivity contribution in [2.24, 2.45) is 0 Å². The first-order chi connectivity index (χ1) is 8.58. The first kappa shape index (κ1) is 11.4. The Balaban J connectivity index is 2.31. The second-order valence-electron chi connectivity index (χ2n) is 4.40. The summed E-state index contributed by atoms with van der Waals surface area (Å²) >= 11 is 3.33. The zero-order valence-electron chi connectivity index (χ0n) is 9.66. The molecule has 0 saturated carbocycles. The molecule has 1 aliphatic carbocycles. The summed E-state index contributed by atoms with van der Waals surface area (Å²) in [5, 5.41) is 0. The standard InChI is InChI=1S/C15H9BrO2/c1-8-2-4-10-12(6-8)14(17)11-5-3-9(16)7-13(11)15(10)18/h2-7H,1H3. The Bertz CT molecular complexity index is 640. The van der Waals surface area contributed by atoms with Crippen LogP contribution in [0.5, 0.6) is 0 Å². The summed E-state index contributed by atoms with van der Waals surface area (Å²) in [4.78, 5) is 24.7. The highest BCUT2D eigenvalue weighted by Crippen LogP contribution is 2.29. The predicted octanol–water partition coefficient (Wildman–Crippen LogP) is 3.53. The van der Waals surface area contributed by atoms with Crippen molar-refractivity contribution in [3.63, 3.8) is 0 Å². The summed E-state index contributed by atoms with van der Waals surface area (Å²) in [6, 6.07) is 10.6. The van der Waals surface area contributed by atoms with Gasteiger partial charge in [0, 0.05) is 26.7 Å². The molecule has 0 spiro atoms. The van der Waals surface area contributed by atoms with Crippen molar-refractivity contribution in [2.75, 3.05) is 0 Å². The van der Waals surface area contributed by atoms with E-state index in [1.54, 1.807) is 30.3 Å². The molecule has 88 valence electrons. The highest BCUT2D eigenvalue weighted by Gasteiger charge is 2.29. The lowest BCUT2D eigenvalue weighted by Crippen LogP contribution is -2.20. The smallest absolute Gasteiger partial charge is 0.194 e. The largest absolute Gasteiger partial charge is 0.289 e. The van der Waals surface area contributed by atoms with Crippen molar-refractivity contribution in [1.82, 2.24) is 0 Å².